The van der Waals surface area contributed by atoms with E-state index in [-0.39, 0.29) is 5.75 Å². The van der Waals surface area contributed by atoms with Crippen LogP contribution in [0.1, 0.15) is 12.5 Å². The van der Waals surface area contributed by atoms with E-state index in [4.69, 9.17) is 16.3 Å². The van der Waals surface area contributed by atoms with Crippen molar-refractivity contribution in [1.29, 1.82) is 0 Å². The summed E-state index contributed by atoms with van der Waals surface area (Å²) in [5.74, 6) is 0.965. The Morgan fingerprint density at radius 3 is 2.53 bits per heavy atom. The maximum atomic E-state index is 9.34. The van der Waals surface area contributed by atoms with Gasteiger partial charge in [0, 0.05) is 12.2 Å². The van der Waals surface area contributed by atoms with Gasteiger partial charge in [-0.1, -0.05) is 23.7 Å². The van der Waals surface area contributed by atoms with Gasteiger partial charge in [0.05, 0.1) is 11.6 Å². The first-order valence-electron chi connectivity index (χ1n) is 6.13. The predicted octanol–water partition coefficient (Wildman–Crippen LogP) is 4.06. The van der Waals surface area contributed by atoms with Crippen LogP contribution < -0.4 is 10.1 Å². The fraction of sp³-hybridized carbons (Fsp3) is 0.200. The van der Waals surface area contributed by atoms with Gasteiger partial charge >= 0.3 is 0 Å². The number of anilines is 1. The molecule has 2 aromatic carbocycles. The molecule has 2 rings (SSSR count). The SMILES string of the molecule is CCOc1ccc(CNc2ccc(O)c(Cl)c2)cc1. The Morgan fingerprint density at radius 1 is 1.16 bits per heavy atom. The van der Waals surface area contributed by atoms with E-state index in [1.165, 1.54) is 0 Å². The highest BCUT2D eigenvalue weighted by Gasteiger charge is 2.00. The third-order valence-corrected chi connectivity index (χ3v) is 2.98. The molecule has 0 aromatic heterocycles. The lowest BCUT2D eigenvalue weighted by Crippen LogP contribution is -1.99. The van der Waals surface area contributed by atoms with Crippen molar-refractivity contribution in [2.24, 2.45) is 0 Å². The lowest BCUT2D eigenvalue weighted by molar-refractivity contribution is 0.340. The standard InChI is InChI=1S/C15H16ClNO2/c1-2-19-13-6-3-11(4-7-13)10-17-12-5-8-15(18)14(16)9-12/h3-9,17-18H,2,10H2,1H3. The highest BCUT2D eigenvalue weighted by atomic mass is 35.5. The number of aromatic hydroxyl groups is 1. The molecule has 0 aliphatic rings. The Morgan fingerprint density at radius 2 is 1.89 bits per heavy atom. The van der Waals surface area contributed by atoms with Crippen molar-refractivity contribution in [3.05, 3.63) is 53.1 Å². The summed E-state index contributed by atoms with van der Waals surface area (Å²) in [6.07, 6.45) is 0. The van der Waals surface area contributed by atoms with Crippen molar-refractivity contribution < 1.29 is 9.84 Å². The minimum atomic E-state index is 0.0910. The third-order valence-electron chi connectivity index (χ3n) is 2.68. The minimum Gasteiger partial charge on any atom is -0.506 e. The van der Waals surface area contributed by atoms with E-state index in [2.05, 4.69) is 5.32 Å². The van der Waals surface area contributed by atoms with E-state index >= 15 is 0 Å². The summed E-state index contributed by atoms with van der Waals surface area (Å²) in [5, 5.41) is 12.9. The second-order valence-electron chi connectivity index (χ2n) is 4.10. The van der Waals surface area contributed by atoms with Gasteiger partial charge in [-0.3, -0.25) is 0 Å². The fourth-order valence-electron chi connectivity index (χ4n) is 1.69. The van der Waals surface area contributed by atoms with Gasteiger partial charge in [0.2, 0.25) is 0 Å². The molecule has 0 saturated carbocycles. The van der Waals surface area contributed by atoms with Crippen LogP contribution in [0, 0.1) is 0 Å². The zero-order valence-corrected chi connectivity index (χ0v) is 11.4. The van der Waals surface area contributed by atoms with Crippen LogP contribution in [0.2, 0.25) is 5.02 Å². The largest absolute Gasteiger partial charge is 0.506 e. The van der Waals surface area contributed by atoms with Crippen molar-refractivity contribution in [3.63, 3.8) is 0 Å². The number of rotatable bonds is 5. The molecule has 100 valence electrons. The molecule has 0 unspecified atom stereocenters. The van der Waals surface area contributed by atoms with Crippen LogP contribution in [-0.4, -0.2) is 11.7 Å². The summed E-state index contributed by atoms with van der Waals surface area (Å²) >= 11 is 5.84. The van der Waals surface area contributed by atoms with Crippen molar-refractivity contribution in [1.82, 2.24) is 0 Å². The highest BCUT2D eigenvalue weighted by molar-refractivity contribution is 6.32. The molecular weight excluding hydrogens is 262 g/mol. The number of nitrogens with one attached hydrogen (secondary N) is 1. The van der Waals surface area contributed by atoms with Gasteiger partial charge in [0.25, 0.3) is 0 Å². The quantitative estimate of drug-likeness (QED) is 0.810. The molecule has 0 bridgehead atoms. The Kier molecular flexibility index (Phi) is 4.53. The molecule has 4 heteroatoms. The van der Waals surface area contributed by atoms with Crippen LogP contribution in [0.5, 0.6) is 11.5 Å². The first-order chi connectivity index (χ1) is 9.19. The Hall–Kier alpha value is -1.87. The van der Waals surface area contributed by atoms with Gasteiger partial charge in [-0.05, 0) is 42.8 Å². The fourth-order valence-corrected chi connectivity index (χ4v) is 1.87. The van der Waals surface area contributed by atoms with E-state index in [1.807, 2.05) is 31.2 Å². The van der Waals surface area contributed by atoms with Crippen LogP contribution in [-0.2, 0) is 6.54 Å². The molecule has 0 atom stereocenters. The van der Waals surface area contributed by atoms with Gasteiger partial charge < -0.3 is 15.2 Å². The van der Waals surface area contributed by atoms with Gasteiger partial charge in [0.15, 0.2) is 0 Å². The molecule has 0 fully saturated rings. The molecular formula is C15H16ClNO2. The zero-order valence-electron chi connectivity index (χ0n) is 10.7. The highest BCUT2D eigenvalue weighted by Crippen LogP contribution is 2.26. The molecule has 19 heavy (non-hydrogen) atoms. The zero-order chi connectivity index (χ0) is 13.7. The second-order valence-corrected chi connectivity index (χ2v) is 4.50. The summed E-state index contributed by atoms with van der Waals surface area (Å²) in [5.41, 5.74) is 2.02. The average Bonchev–Trinajstić information content (AvgIpc) is 2.42. The molecule has 0 spiro atoms. The maximum Gasteiger partial charge on any atom is 0.134 e. The smallest absolute Gasteiger partial charge is 0.134 e. The number of hydrogen-bond donors (Lipinski definition) is 2. The molecule has 0 amide bonds. The van der Waals surface area contributed by atoms with Crippen molar-refractivity contribution in [2.75, 3.05) is 11.9 Å². The third kappa shape index (κ3) is 3.80. The van der Waals surface area contributed by atoms with Crippen LogP contribution in [0.4, 0.5) is 5.69 Å². The number of phenols is 1. The topological polar surface area (TPSA) is 41.5 Å². The monoisotopic (exact) mass is 277 g/mol. The summed E-state index contributed by atoms with van der Waals surface area (Å²) in [6.45, 7) is 3.32. The number of phenolic OH excluding ortho intramolecular Hbond substituents is 1. The first kappa shape index (κ1) is 13.6. The Balaban J connectivity index is 1.96. The van der Waals surface area contributed by atoms with Crippen LogP contribution in [0.3, 0.4) is 0 Å². The van der Waals surface area contributed by atoms with Crippen molar-refractivity contribution in [2.45, 2.75) is 13.5 Å². The normalized spacial score (nSPS) is 10.2. The van der Waals surface area contributed by atoms with Gasteiger partial charge in [0.1, 0.15) is 11.5 Å². The van der Waals surface area contributed by atoms with Crippen molar-refractivity contribution in [3.8, 4) is 11.5 Å². The molecule has 0 radical (unpaired) electrons. The molecule has 2 N–H and O–H groups in total. The minimum absolute atomic E-state index is 0.0910. The number of benzene rings is 2. The van der Waals surface area contributed by atoms with Crippen LogP contribution in [0.15, 0.2) is 42.5 Å². The summed E-state index contributed by atoms with van der Waals surface area (Å²) in [4.78, 5) is 0. The van der Waals surface area contributed by atoms with E-state index in [0.717, 1.165) is 17.0 Å². The van der Waals surface area contributed by atoms with E-state index in [1.54, 1.807) is 18.2 Å². The van der Waals surface area contributed by atoms with Gasteiger partial charge in [-0.15, -0.1) is 0 Å². The molecule has 0 saturated heterocycles. The van der Waals surface area contributed by atoms with Gasteiger partial charge in [-0.2, -0.15) is 0 Å². The number of hydrogen-bond acceptors (Lipinski definition) is 3. The lowest BCUT2D eigenvalue weighted by atomic mass is 10.2. The molecule has 0 aliphatic heterocycles. The Labute approximate surface area is 117 Å². The Bertz CT molecular complexity index is 540. The molecule has 0 heterocycles. The molecule has 2 aromatic rings. The van der Waals surface area contributed by atoms with Crippen molar-refractivity contribution >= 4 is 17.3 Å². The number of halogens is 1. The summed E-state index contributed by atoms with van der Waals surface area (Å²) in [6, 6.07) is 13.0. The van der Waals surface area contributed by atoms with Crippen LogP contribution in [0.25, 0.3) is 0 Å². The molecule has 3 nitrogen and oxygen atoms in total. The van der Waals surface area contributed by atoms with Crippen LogP contribution >= 0.6 is 11.6 Å². The average molecular weight is 278 g/mol. The predicted molar refractivity (Wildman–Crippen MR) is 78.1 cm³/mol. The van der Waals surface area contributed by atoms with E-state index in [0.29, 0.717) is 18.2 Å². The molecule has 0 aliphatic carbocycles. The summed E-state index contributed by atoms with van der Waals surface area (Å²) < 4.78 is 5.39. The van der Waals surface area contributed by atoms with E-state index in [9.17, 15) is 5.11 Å². The maximum absolute atomic E-state index is 9.34. The first-order valence-corrected chi connectivity index (χ1v) is 6.51. The number of ether oxygens (including phenoxy) is 1. The lowest BCUT2D eigenvalue weighted by Gasteiger charge is -2.08. The van der Waals surface area contributed by atoms with Gasteiger partial charge in [-0.25, -0.2) is 0 Å². The summed E-state index contributed by atoms with van der Waals surface area (Å²) in [7, 11) is 0. The second kappa shape index (κ2) is 6.34. The van der Waals surface area contributed by atoms with E-state index < -0.39 is 0 Å².